The molecule has 1 aliphatic rings. The van der Waals surface area contributed by atoms with Gasteiger partial charge >= 0.3 is 12.1 Å². The van der Waals surface area contributed by atoms with E-state index in [0.717, 1.165) is 5.56 Å². The number of amides is 1. The number of ether oxygens (including phenoxy) is 2. The Morgan fingerprint density at radius 2 is 1.91 bits per heavy atom. The van der Waals surface area contributed by atoms with Gasteiger partial charge in [0.1, 0.15) is 6.61 Å². The van der Waals surface area contributed by atoms with E-state index in [2.05, 4.69) is 5.32 Å². The molecule has 6 nitrogen and oxygen atoms in total. The molecular weight excluding hydrogens is 286 g/mol. The van der Waals surface area contributed by atoms with Crippen molar-refractivity contribution in [3.8, 4) is 0 Å². The molecule has 1 heterocycles. The van der Waals surface area contributed by atoms with Crippen molar-refractivity contribution in [3.05, 3.63) is 35.9 Å². The molecule has 1 saturated heterocycles. The summed E-state index contributed by atoms with van der Waals surface area (Å²) < 4.78 is 10.4. The number of nitrogens with one attached hydrogen (secondary N) is 1. The summed E-state index contributed by atoms with van der Waals surface area (Å²) in [6.45, 7) is 1.53. The number of rotatable bonds is 6. The van der Waals surface area contributed by atoms with Crippen molar-refractivity contribution >= 4 is 12.1 Å². The molecule has 2 rings (SSSR count). The number of carbonyl (C=O) groups excluding carboxylic acids is 1. The highest BCUT2D eigenvalue weighted by molar-refractivity contribution is 5.69. The monoisotopic (exact) mass is 307 g/mol. The maximum atomic E-state index is 11.8. The molecule has 0 atom stereocenters. The molecular formula is C16H21NO5. The summed E-state index contributed by atoms with van der Waals surface area (Å²) in [5, 5.41) is 11.8. The number of aliphatic carboxylic acids is 1. The highest BCUT2D eigenvalue weighted by atomic mass is 16.5. The fraction of sp³-hybridized carbons (Fsp3) is 0.500. The second kappa shape index (κ2) is 7.79. The van der Waals surface area contributed by atoms with Crippen LogP contribution in [0.2, 0.25) is 0 Å². The predicted molar refractivity (Wildman–Crippen MR) is 79.4 cm³/mol. The van der Waals surface area contributed by atoms with E-state index in [4.69, 9.17) is 14.6 Å². The van der Waals surface area contributed by atoms with Crippen molar-refractivity contribution in [3.63, 3.8) is 0 Å². The van der Waals surface area contributed by atoms with E-state index in [1.165, 1.54) is 0 Å². The van der Waals surface area contributed by atoms with Crippen LogP contribution in [0.4, 0.5) is 4.79 Å². The molecule has 0 aromatic heterocycles. The quantitative estimate of drug-likeness (QED) is 0.841. The number of carboxylic acids is 1. The molecule has 1 aliphatic heterocycles. The summed E-state index contributed by atoms with van der Waals surface area (Å²) in [4.78, 5) is 22.8. The Kier molecular flexibility index (Phi) is 5.77. The van der Waals surface area contributed by atoms with Gasteiger partial charge in [0.25, 0.3) is 0 Å². The fourth-order valence-corrected chi connectivity index (χ4v) is 2.58. The zero-order valence-corrected chi connectivity index (χ0v) is 12.4. The molecule has 120 valence electrons. The molecule has 6 heteroatoms. The lowest BCUT2D eigenvalue weighted by molar-refractivity contribution is -0.141. The Bertz CT molecular complexity index is 497. The minimum Gasteiger partial charge on any atom is -0.481 e. The molecule has 1 amide bonds. The molecule has 2 N–H and O–H groups in total. The van der Waals surface area contributed by atoms with Gasteiger partial charge in [-0.2, -0.15) is 0 Å². The smallest absolute Gasteiger partial charge is 0.407 e. The minimum atomic E-state index is -0.860. The standard InChI is InChI=1S/C16H21NO5/c18-14(19)10-16(6-8-21-9-7-16)12-17-15(20)22-11-13-4-2-1-3-5-13/h1-5H,6-12H2,(H,17,20)(H,18,19). The third-order valence-electron chi connectivity index (χ3n) is 3.90. The van der Waals surface area contributed by atoms with Crippen LogP contribution in [0.5, 0.6) is 0 Å². The first-order chi connectivity index (χ1) is 10.6. The highest BCUT2D eigenvalue weighted by Gasteiger charge is 2.35. The molecule has 0 spiro atoms. The topological polar surface area (TPSA) is 84.9 Å². The van der Waals surface area contributed by atoms with Crippen LogP contribution in [-0.4, -0.2) is 36.9 Å². The van der Waals surface area contributed by atoms with Crippen LogP contribution < -0.4 is 5.32 Å². The Labute approximate surface area is 129 Å². The van der Waals surface area contributed by atoms with Crippen LogP contribution in [0.15, 0.2) is 30.3 Å². The summed E-state index contributed by atoms with van der Waals surface area (Å²) in [7, 11) is 0. The number of carboxylic acid groups (broad SMARTS) is 1. The second-order valence-electron chi connectivity index (χ2n) is 5.60. The van der Waals surface area contributed by atoms with Crippen LogP contribution >= 0.6 is 0 Å². The predicted octanol–water partition coefficient (Wildman–Crippen LogP) is 2.18. The molecule has 1 aromatic carbocycles. The van der Waals surface area contributed by atoms with Gasteiger partial charge in [0.2, 0.25) is 0 Å². The molecule has 0 aliphatic carbocycles. The second-order valence-corrected chi connectivity index (χ2v) is 5.60. The van der Waals surface area contributed by atoms with Crippen molar-refractivity contribution < 1.29 is 24.2 Å². The van der Waals surface area contributed by atoms with E-state index >= 15 is 0 Å². The summed E-state index contributed by atoms with van der Waals surface area (Å²) in [6.07, 6.45) is 0.742. The maximum absolute atomic E-state index is 11.8. The van der Waals surface area contributed by atoms with Crippen molar-refractivity contribution in [2.24, 2.45) is 5.41 Å². The summed E-state index contributed by atoms with van der Waals surface area (Å²) in [5.41, 5.74) is 0.458. The van der Waals surface area contributed by atoms with Crippen molar-refractivity contribution in [1.82, 2.24) is 5.32 Å². The minimum absolute atomic E-state index is 0.0231. The first-order valence-electron chi connectivity index (χ1n) is 7.34. The zero-order chi connectivity index (χ0) is 15.8. The third-order valence-corrected chi connectivity index (χ3v) is 3.90. The van der Waals surface area contributed by atoms with Gasteiger partial charge in [-0.1, -0.05) is 30.3 Å². The van der Waals surface area contributed by atoms with Crippen LogP contribution in [0.25, 0.3) is 0 Å². The molecule has 22 heavy (non-hydrogen) atoms. The maximum Gasteiger partial charge on any atom is 0.407 e. The Morgan fingerprint density at radius 3 is 2.55 bits per heavy atom. The lowest BCUT2D eigenvalue weighted by atomic mass is 9.77. The average molecular weight is 307 g/mol. The van der Waals surface area contributed by atoms with Crippen molar-refractivity contribution in [1.29, 1.82) is 0 Å². The summed E-state index contributed by atoms with van der Waals surface area (Å²) in [5.74, 6) is -0.860. The largest absolute Gasteiger partial charge is 0.481 e. The summed E-state index contributed by atoms with van der Waals surface area (Å²) in [6, 6.07) is 9.39. The van der Waals surface area contributed by atoms with Crippen LogP contribution in [0.3, 0.4) is 0 Å². The third kappa shape index (κ3) is 5.04. The Morgan fingerprint density at radius 1 is 1.23 bits per heavy atom. The first kappa shape index (κ1) is 16.3. The van der Waals surface area contributed by atoms with Crippen molar-refractivity contribution in [2.45, 2.75) is 25.9 Å². The molecule has 0 bridgehead atoms. The van der Waals surface area contributed by atoms with E-state index < -0.39 is 17.5 Å². The Balaban J connectivity index is 1.81. The molecule has 1 aromatic rings. The van der Waals surface area contributed by atoms with E-state index in [-0.39, 0.29) is 19.6 Å². The van der Waals surface area contributed by atoms with Gasteiger partial charge in [-0.15, -0.1) is 0 Å². The first-order valence-corrected chi connectivity index (χ1v) is 7.34. The highest BCUT2D eigenvalue weighted by Crippen LogP contribution is 2.33. The van der Waals surface area contributed by atoms with E-state index in [9.17, 15) is 9.59 Å². The summed E-state index contributed by atoms with van der Waals surface area (Å²) >= 11 is 0. The number of benzene rings is 1. The number of hydrogen-bond donors (Lipinski definition) is 2. The van der Waals surface area contributed by atoms with E-state index in [1.807, 2.05) is 30.3 Å². The lowest BCUT2D eigenvalue weighted by Crippen LogP contribution is -2.42. The van der Waals surface area contributed by atoms with Gasteiger partial charge in [0.05, 0.1) is 6.42 Å². The number of carbonyl (C=O) groups is 2. The molecule has 0 radical (unpaired) electrons. The fourth-order valence-electron chi connectivity index (χ4n) is 2.58. The zero-order valence-electron chi connectivity index (χ0n) is 12.4. The van der Waals surface area contributed by atoms with E-state index in [1.54, 1.807) is 0 Å². The molecule has 1 fully saturated rings. The molecule has 0 saturated carbocycles. The van der Waals surface area contributed by atoms with Gasteiger partial charge in [-0.05, 0) is 18.4 Å². The van der Waals surface area contributed by atoms with Crippen LogP contribution in [-0.2, 0) is 20.9 Å². The van der Waals surface area contributed by atoms with Gasteiger partial charge in [0.15, 0.2) is 0 Å². The normalized spacial score (nSPS) is 16.7. The van der Waals surface area contributed by atoms with Gasteiger partial charge in [-0.3, -0.25) is 4.79 Å². The number of alkyl carbamates (subject to hydrolysis) is 1. The average Bonchev–Trinajstić information content (AvgIpc) is 2.52. The van der Waals surface area contributed by atoms with Crippen LogP contribution in [0.1, 0.15) is 24.8 Å². The van der Waals surface area contributed by atoms with Crippen molar-refractivity contribution in [2.75, 3.05) is 19.8 Å². The van der Waals surface area contributed by atoms with Gasteiger partial charge in [0, 0.05) is 25.2 Å². The SMILES string of the molecule is O=C(O)CC1(CNC(=O)OCc2ccccc2)CCOCC1. The van der Waals surface area contributed by atoms with Gasteiger partial charge in [-0.25, -0.2) is 4.79 Å². The lowest BCUT2D eigenvalue weighted by Gasteiger charge is -2.35. The van der Waals surface area contributed by atoms with E-state index in [0.29, 0.717) is 26.1 Å². The van der Waals surface area contributed by atoms with Gasteiger partial charge < -0.3 is 19.9 Å². The molecule has 0 unspecified atom stereocenters. The number of hydrogen-bond acceptors (Lipinski definition) is 4. The van der Waals surface area contributed by atoms with Crippen LogP contribution in [0, 0.1) is 5.41 Å². The Hall–Kier alpha value is -2.08.